The second-order valence-corrected chi connectivity index (χ2v) is 6.69. The van der Waals surface area contributed by atoms with E-state index in [-0.39, 0.29) is 13.2 Å². The Hall–Kier alpha value is -1.10. The Balaban J connectivity index is 2.25. The molecule has 9 heteroatoms. The Morgan fingerprint density at radius 1 is 1.04 bits per heavy atom. The summed E-state index contributed by atoms with van der Waals surface area (Å²) >= 11 is 0. The smallest absolute Gasteiger partial charge is 0.117 e. The van der Waals surface area contributed by atoms with E-state index in [1.165, 1.54) is 4.68 Å². The summed E-state index contributed by atoms with van der Waals surface area (Å²) in [6, 6.07) is -1.16. The molecule has 1 fully saturated rings. The predicted molar refractivity (Wildman–Crippen MR) is 89.6 cm³/mol. The van der Waals surface area contributed by atoms with E-state index in [0.29, 0.717) is 24.2 Å². The lowest BCUT2D eigenvalue weighted by molar-refractivity contribution is 0.0171. The largest absolute Gasteiger partial charge is 0.395 e. The lowest BCUT2D eigenvalue weighted by Crippen LogP contribution is -2.39. The average Bonchev–Trinajstić information content (AvgIpc) is 3.12. The normalized spacial score (nSPS) is 29.1. The third kappa shape index (κ3) is 4.36. The number of hydrogen-bond acceptors (Lipinski definition) is 8. The SMILES string of the molecule is CCCC(O)c1nnn(C[C@H]2N[C@H](CO)[C@@H](O)[C@@H]2O)c1C(O)CCC. The second-order valence-electron chi connectivity index (χ2n) is 6.69. The molecule has 0 spiro atoms. The van der Waals surface area contributed by atoms with Crippen molar-refractivity contribution in [1.29, 1.82) is 0 Å². The topological polar surface area (TPSA) is 144 Å². The summed E-state index contributed by atoms with van der Waals surface area (Å²) in [6.45, 7) is 3.77. The van der Waals surface area contributed by atoms with E-state index < -0.39 is 36.5 Å². The zero-order valence-electron chi connectivity index (χ0n) is 14.8. The first kappa shape index (κ1) is 20.2. The first-order chi connectivity index (χ1) is 11.9. The molecule has 144 valence electrons. The molecule has 2 heterocycles. The molecule has 0 saturated carbocycles. The van der Waals surface area contributed by atoms with Gasteiger partial charge in [0.15, 0.2) is 0 Å². The van der Waals surface area contributed by atoms with Gasteiger partial charge in [-0.15, -0.1) is 5.10 Å². The van der Waals surface area contributed by atoms with Gasteiger partial charge >= 0.3 is 0 Å². The lowest BCUT2D eigenvalue weighted by atomic mass is 10.0. The molecule has 6 N–H and O–H groups in total. The zero-order valence-corrected chi connectivity index (χ0v) is 14.8. The number of aromatic nitrogens is 3. The van der Waals surface area contributed by atoms with Crippen LogP contribution < -0.4 is 5.32 Å². The first-order valence-electron chi connectivity index (χ1n) is 8.96. The first-order valence-corrected chi connectivity index (χ1v) is 8.96. The maximum Gasteiger partial charge on any atom is 0.117 e. The number of aliphatic hydroxyl groups is 5. The molecule has 25 heavy (non-hydrogen) atoms. The van der Waals surface area contributed by atoms with E-state index in [2.05, 4.69) is 15.6 Å². The van der Waals surface area contributed by atoms with Crippen molar-refractivity contribution in [2.24, 2.45) is 0 Å². The van der Waals surface area contributed by atoms with Crippen LogP contribution in [0.5, 0.6) is 0 Å². The molecular weight excluding hydrogens is 328 g/mol. The van der Waals surface area contributed by atoms with Crippen LogP contribution >= 0.6 is 0 Å². The van der Waals surface area contributed by atoms with Crippen LogP contribution in [0, 0.1) is 0 Å². The minimum atomic E-state index is -1.08. The molecule has 9 nitrogen and oxygen atoms in total. The van der Waals surface area contributed by atoms with Crippen molar-refractivity contribution in [1.82, 2.24) is 20.3 Å². The molecule has 1 aromatic heterocycles. The van der Waals surface area contributed by atoms with Gasteiger partial charge in [0, 0.05) is 0 Å². The molecule has 1 aliphatic rings. The molecular formula is C16H30N4O5. The summed E-state index contributed by atoms with van der Waals surface area (Å²) in [6.07, 6.45) is -1.23. The molecule has 6 atom stereocenters. The second kappa shape index (κ2) is 9.02. The van der Waals surface area contributed by atoms with Gasteiger partial charge in [0.2, 0.25) is 0 Å². The number of nitrogens with zero attached hydrogens (tertiary/aromatic N) is 3. The molecule has 2 unspecified atom stereocenters. The van der Waals surface area contributed by atoms with Crippen LogP contribution in [0.4, 0.5) is 0 Å². The van der Waals surface area contributed by atoms with E-state index in [9.17, 15) is 25.5 Å². The van der Waals surface area contributed by atoms with Crippen LogP contribution in [0.1, 0.15) is 63.1 Å². The van der Waals surface area contributed by atoms with Crippen LogP contribution in [0.25, 0.3) is 0 Å². The molecule has 2 rings (SSSR count). The Morgan fingerprint density at radius 2 is 1.64 bits per heavy atom. The summed E-state index contributed by atoms with van der Waals surface area (Å²) in [5.74, 6) is 0. The standard InChI is InChI=1S/C16H30N4O5/c1-3-5-11(22)13-14(12(23)6-4-2)20(19-18-13)7-9-15(24)16(25)10(8-21)17-9/h9-12,15-17,21-25H,3-8H2,1-2H3/t9-,10-,11?,12?,15-,16-/m1/s1. The molecule has 0 bridgehead atoms. The van der Waals surface area contributed by atoms with Crippen molar-refractivity contribution < 1.29 is 25.5 Å². The van der Waals surface area contributed by atoms with Crippen molar-refractivity contribution in [3.05, 3.63) is 11.4 Å². The van der Waals surface area contributed by atoms with Gasteiger partial charge < -0.3 is 30.8 Å². The van der Waals surface area contributed by atoms with Crippen molar-refractivity contribution in [3.63, 3.8) is 0 Å². The Labute approximate surface area is 147 Å². The van der Waals surface area contributed by atoms with Gasteiger partial charge in [-0.1, -0.05) is 31.9 Å². The summed E-state index contributed by atoms with van der Waals surface area (Å²) < 4.78 is 1.47. The predicted octanol–water partition coefficient (Wildman–Crippen LogP) is -1.00. The third-order valence-electron chi connectivity index (χ3n) is 4.73. The van der Waals surface area contributed by atoms with E-state index in [0.717, 1.165) is 12.8 Å². The Kier molecular flexibility index (Phi) is 7.29. The quantitative estimate of drug-likeness (QED) is 0.330. The van der Waals surface area contributed by atoms with Crippen molar-refractivity contribution in [3.8, 4) is 0 Å². The number of aliphatic hydroxyl groups excluding tert-OH is 5. The van der Waals surface area contributed by atoms with Crippen LogP contribution in [-0.2, 0) is 6.54 Å². The van der Waals surface area contributed by atoms with Gasteiger partial charge in [-0.05, 0) is 12.8 Å². The van der Waals surface area contributed by atoms with E-state index >= 15 is 0 Å². The molecule has 1 saturated heterocycles. The average molecular weight is 358 g/mol. The minimum absolute atomic E-state index is 0.163. The molecule has 1 aliphatic heterocycles. The maximum absolute atomic E-state index is 10.5. The van der Waals surface area contributed by atoms with Crippen LogP contribution in [0.3, 0.4) is 0 Å². The van der Waals surface area contributed by atoms with Gasteiger partial charge in [-0.3, -0.25) is 0 Å². The highest BCUT2D eigenvalue weighted by atomic mass is 16.3. The van der Waals surface area contributed by atoms with Crippen molar-refractivity contribution in [2.45, 2.75) is 82.6 Å². The number of nitrogens with one attached hydrogen (secondary N) is 1. The van der Waals surface area contributed by atoms with Crippen LogP contribution in [0.15, 0.2) is 0 Å². The van der Waals surface area contributed by atoms with Gasteiger partial charge in [0.1, 0.15) is 5.69 Å². The fraction of sp³-hybridized carbons (Fsp3) is 0.875. The van der Waals surface area contributed by atoms with Gasteiger partial charge in [-0.2, -0.15) is 0 Å². The molecule has 0 amide bonds. The maximum atomic E-state index is 10.5. The van der Waals surface area contributed by atoms with Gasteiger partial charge in [0.05, 0.1) is 55.3 Å². The summed E-state index contributed by atoms with van der Waals surface area (Å²) in [7, 11) is 0. The van der Waals surface area contributed by atoms with Crippen molar-refractivity contribution >= 4 is 0 Å². The highest BCUT2D eigenvalue weighted by Crippen LogP contribution is 2.28. The van der Waals surface area contributed by atoms with Gasteiger partial charge in [0.25, 0.3) is 0 Å². The monoisotopic (exact) mass is 358 g/mol. The highest BCUT2D eigenvalue weighted by molar-refractivity contribution is 5.17. The molecule has 0 aromatic carbocycles. The van der Waals surface area contributed by atoms with E-state index in [1.54, 1.807) is 0 Å². The summed E-state index contributed by atoms with van der Waals surface area (Å²) in [5, 5.41) is 61.2. The summed E-state index contributed by atoms with van der Waals surface area (Å²) in [5.41, 5.74) is 0.799. The summed E-state index contributed by atoms with van der Waals surface area (Å²) in [4.78, 5) is 0. The molecule has 0 radical (unpaired) electrons. The molecule has 0 aliphatic carbocycles. The fourth-order valence-corrected chi connectivity index (χ4v) is 3.32. The highest BCUT2D eigenvalue weighted by Gasteiger charge is 2.41. The number of hydrogen-bond donors (Lipinski definition) is 6. The Morgan fingerprint density at radius 3 is 2.20 bits per heavy atom. The van der Waals surface area contributed by atoms with E-state index in [1.807, 2.05) is 13.8 Å². The molecule has 1 aromatic rings. The minimum Gasteiger partial charge on any atom is -0.395 e. The van der Waals surface area contributed by atoms with Crippen LogP contribution in [-0.4, -0.2) is 71.4 Å². The van der Waals surface area contributed by atoms with Crippen LogP contribution in [0.2, 0.25) is 0 Å². The van der Waals surface area contributed by atoms with Gasteiger partial charge in [-0.25, -0.2) is 4.68 Å². The van der Waals surface area contributed by atoms with E-state index in [4.69, 9.17) is 0 Å². The zero-order chi connectivity index (χ0) is 18.6. The fourth-order valence-electron chi connectivity index (χ4n) is 3.32. The van der Waals surface area contributed by atoms with Crippen molar-refractivity contribution in [2.75, 3.05) is 6.61 Å². The number of rotatable bonds is 9. The Bertz CT molecular complexity index is 541. The third-order valence-corrected chi connectivity index (χ3v) is 4.73. The lowest BCUT2D eigenvalue weighted by Gasteiger charge is -2.20.